The molecule has 0 aromatic carbocycles. The van der Waals surface area contributed by atoms with Gasteiger partial charge in [-0.15, -0.1) is 0 Å². The second-order valence-corrected chi connectivity index (χ2v) is 10.3. The first-order chi connectivity index (χ1) is 14.9. The molecule has 1 saturated heterocycles. The van der Waals surface area contributed by atoms with Crippen LogP contribution in [-0.4, -0.2) is 46.6 Å². The van der Waals surface area contributed by atoms with Crippen molar-refractivity contribution >= 4 is 11.8 Å². The zero-order valence-electron chi connectivity index (χ0n) is 20.3. The largest absolute Gasteiger partial charge is 0.391 e. The van der Waals surface area contributed by atoms with E-state index in [1.54, 1.807) is 0 Å². The maximum Gasteiger partial charge on any atom is 0.222 e. The molecule has 5 heteroatoms. The third-order valence-electron chi connectivity index (χ3n) is 7.68. The number of carbonyl (C=O) groups is 2. The minimum Gasteiger partial charge on any atom is -0.391 e. The molecule has 2 fully saturated rings. The number of aliphatic hydroxyl groups excluding tert-OH is 1. The van der Waals surface area contributed by atoms with Crippen LogP contribution in [0.1, 0.15) is 123 Å². The Hall–Kier alpha value is -1.10. The normalized spacial score (nSPS) is 22.2. The number of aliphatic hydroxyl groups is 1. The lowest BCUT2D eigenvalue weighted by Gasteiger charge is -2.37. The summed E-state index contributed by atoms with van der Waals surface area (Å²) < 4.78 is 0. The predicted molar refractivity (Wildman–Crippen MR) is 127 cm³/mol. The number of unbranched alkanes of at least 4 members (excludes halogenated alkanes) is 2. The van der Waals surface area contributed by atoms with Crippen LogP contribution in [0.2, 0.25) is 0 Å². The van der Waals surface area contributed by atoms with Gasteiger partial charge in [-0.1, -0.05) is 71.1 Å². The molecule has 2 atom stereocenters. The molecule has 2 N–H and O–H groups in total. The van der Waals surface area contributed by atoms with E-state index >= 15 is 0 Å². The molecule has 0 aromatic rings. The molecule has 1 saturated carbocycles. The molecule has 0 aromatic heterocycles. The fraction of sp³-hybridized carbons (Fsp3) is 0.923. The predicted octanol–water partition coefficient (Wildman–Crippen LogP) is 5.35. The van der Waals surface area contributed by atoms with Gasteiger partial charge in [0, 0.05) is 25.9 Å². The van der Waals surface area contributed by atoms with Crippen molar-refractivity contribution in [1.29, 1.82) is 0 Å². The van der Waals surface area contributed by atoms with Crippen molar-refractivity contribution in [3.63, 3.8) is 0 Å². The standard InChI is InChI=1S/C26H48N2O3/c1-3-26(2,23(29)21-22-15-10-7-5-4-6-8-11-16-22)27-24(30)17-12-9-13-19-28-20-14-18-25(28)31/h22-23,29H,3-21H2,1-2H3,(H,27,30). The molecule has 0 bridgehead atoms. The van der Waals surface area contributed by atoms with Gasteiger partial charge in [-0.2, -0.15) is 0 Å². The fourth-order valence-corrected chi connectivity index (χ4v) is 5.20. The third-order valence-corrected chi connectivity index (χ3v) is 7.68. The van der Waals surface area contributed by atoms with Gasteiger partial charge in [0.15, 0.2) is 0 Å². The summed E-state index contributed by atoms with van der Waals surface area (Å²) in [6, 6.07) is 0. The smallest absolute Gasteiger partial charge is 0.222 e. The molecule has 1 aliphatic heterocycles. The highest BCUT2D eigenvalue weighted by atomic mass is 16.3. The number of hydrogen-bond donors (Lipinski definition) is 2. The van der Waals surface area contributed by atoms with E-state index in [9.17, 15) is 14.7 Å². The van der Waals surface area contributed by atoms with Crippen molar-refractivity contribution in [2.75, 3.05) is 13.1 Å². The average molecular weight is 437 g/mol. The second-order valence-electron chi connectivity index (χ2n) is 10.3. The summed E-state index contributed by atoms with van der Waals surface area (Å²) in [7, 11) is 0. The molecule has 2 aliphatic rings. The van der Waals surface area contributed by atoms with E-state index in [0.29, 0.717) is 18.8 Å². The Balaban J connectivity index is 1.70. The summed E-state index contributed by atoms with van der Waals surface area (Å²) in [6.45, 7) is 5.79. The minimum atomic E-state index is -0.547. The molecular formula is C26H48N2O3. The van der Waals surface area contributed by atoms with Gasteiger partial charge in [0.1, 0.15) is 0 Å². The van der Waals surface area contributed by atoms with Crippen LogP contribution in [0, 0.1) is 5.92 Å². The van der Waals surface area contributed by atoms with Crippen molar-refractivity contribution < 1.29 is 14.7 Å². The van der Waals surface area contributed by atoms with Crippen LogP contribution < -0.4 is 5.32 Å². The maximum absolute atomic E-state index is 12.6. The van der Waals surface area contributed by atoms with Crippen molar-refractivity contribution in [2.45, 2.75) is 135 Å². The van der Waals surface area contributed by atoms with E-state index in [2.05, 4.69) is 12.2 Å². The third kappa shape index (κ3) is 9.51. The van der Waals surface area contributed by atoms with Gasteiger partial charge < -0.3 is 15.3 Å². The Kier molecular flexibility index (Phi) is 11.9. The highest BCUT2D eigenvalue weighted by Gasteiger charge is 2.34. The number of carbonyl (C=O) groups excluding carboxylic acids is 2. The fourth-order valence-electron chi connectivity index (χ4n) is 5.20. The SMILES string of the molecule is CCC(C)(NC(=O)CCCCCN1CCCC1=O)C(O)CC1CCCCCCCCC1. The topological polar surface area (TPSA) is 69.6 Å². The molecule has 1 heterocycles. The number of rotatable bonds is 11. The molecule has 2 rings (SSSR count). The summed E-state index contributed by atoms with van der Waals surface area (Å²) >= 11 is 0. The average Bonchev–Trinajstić information content (AvgIpc) is 3.16. The Labute approximate surface area is 190 Å². The van der Waals surface area contributed by atoms with Gasteiger partial charge in [0.25, 0.3) is 0 Å². The minimum absolute atomic E-state index is 0.0478. The van der Waals surface area contributed by atoms with Gasteiger partial charge in [-0.25, -0.2) is 0 Å². The van der Waals surface area contributed by atoms with Crippen LogP contribution in [0.5, 0.6) is 0 Å². The summed E-state index contributed by atoms with van der Waals surface area (Å²) in [5.41, 5.74) is -0.547. The summed E-state index contributed by atoms with van der Waals surface area (Å²) in [5.74, 6) is 0.900. The van der Waals surface area contributed by atoms with Crippen LogP contribution >= 0.6 is 0 Å². The molecule has 0 spiro atoms. The number of amides is 2. The quantitative estimate of drug-likeness (QED) is 0.429. The van der Waals surface area contributed by atoms with Crippen LogP contribution in [0.3, 0.4) is 0 Å². The highest BCUT2D eigenvalue weighted by molar-refractivity contribution is 5.78. The number of likely N-dealkylation sites (tertiary alicyclic amines) is 1. The molecule has 31 heavy (non-hydrogen) atoms. The molecular weight excluding hydrogens is 388 g/mol. The molecule has 1 aliphatic carbocycles. The van der Waals surface area contributed by atoms with E-state index in [1.165, 1.54) is 57.8 Å². The Bertz CT molecular complexity index is 529. The number of hydrogen-bond acceptors (Lipinski definition) is 3. The number of nitrogens with zero attached hydrogens (tertiary/aromatic N) is 1. The van der Waals surface area contributed by atoms with Gasteiger partial charge in [-0.05, 0) is 44.9 Å². The monoisotopic (exact) mass is 436 g/mol. The lowest BCUT2D eigenvalue weighted by atomic mass is 9.81. The molecule has 180 valence electrons. The van der Waals surface area contributed by atoms with E-state index in [-0.39, 0.29) is 11.8 Å². The molecule has 0 radical (unpaired) electrons. The first-order valence-electron chi connectivity index (χ1n) is 13.2. The second kappa shape index (κ2) is 14.1. The highest BCUT2D eigenvalue weighted by Crippen LogP contribution is 2.29. The van der Waals surface area contributed by atoms with Crippen LogP contribution in [-0.2, 0) is 9.59 Å². The number of nitrogens with one attached hydrogen (secondary N) is 1. The first kappa shape index (κ1) is 26.2. The van der Waals surface area contributed by atoms with Crippen molar-refractivity contribution in [3.8, 4) is 0 Å². The summed E-state index contributed by atoms with van der Waals surface area (Å²) in [6.07, 6.45) is 17.7. The summed E-state index contributed by atoms with van der Waals surface area (Å²) in [5, 5.41) is 14.2. The lowest BCUT2D eigenvalue weighted by Crippen LogP contribution is -2.54. The van der Waals surface area contributed by atoms with Crippen molar-refractivity contribution in [2.24, 2.45) is 5.92 Å². The van der Waals surface area contributed by atoms with E-state index < -0.39 is 11.6 Å². The van der Waals surface area contributed by atoms with Gasteiger partial charge in [0.05, 0.1) is 11.6 Å². The van der Waals surface area contributed by atoms with E-state index in [0.717, 1.165) is 51.6 Å². The van der Waals surface area contributed by atoms with E-state index in [4.69, 9.17) is 0 Å². The molecule has 5 nitrogen and oxygen atoms in total. The zero-order chi connectivity index (χ0) is 22.5. The Morgan fingerprint density at radius 2 is 1.71 bits per heavy atom. The van der Waals surface area contributed by atoms with Crippen molar-refractivity contribution in [3.05, 3.63) is 0 Å². The molecule has 2 amide bonds. The van der Waals surface area contributed by atoms with Gasteiger partial charge >= 0.3 is 0 Å². The van der Waals surface area contributed by atoms with Crippen LogP contribution in [0.25, 0.3) is 0 Å². The maximum atomic E-state index is 12.6. The summed E-state index contributed by atoms with van der Waals surface area (Å²) in [4.78, 5) is 26.2. The Morgan fingerprint density at radius 1 is 1.06 bits per heavy atom. The molecule has 2 unspecified atom stereocenters. The van der Waals surface area contributed by atoms with Gasteiger partial charge in [-0.3, -0.25) is 9.59 Å². The first-order valence-corrected chi connectivity index (χ1v) is 13.2. The van der Waals surface area contributed by atoms with Gasteiger partial charge in [0.2, 0.25) is 11.8 Å². The van der Waals surface area contributed by atoms with Crippen LogP contribution in [0.4, 0.5) is 0 Å². The zero-order valence-corrected chi connectivity index (χ0v) is 20.3. The van der Waals surface area contributed by atoms with Crippen LogP contribution in [0.15, 0.2) is 0 Å². The van der Waals surface area contributed by atoms with E-state index in [1.807, 2.05) is 11.8 Å². The van der Waals surface area contributed by atoms with Crippen molar-refractivity contribution in [1.82, 2.24) is 10.2 Å². The lowest BCUT2D eigenvalue weighted by molar-refractivity contribution is -0.128. The Morgan fingerprint density at radius 3 is 2.29 bits per heavy atom.